The molecule has 13 heteroatoms. The largest absolute Gasteiger partial charge is 0.462 e. The molecule has 4 aliphatic rings. The molecule has 4 N–H and O–H groups in total. The van der Waals surface area contributed by atoms with Gasteiger partial charge in [0.25, 0.3) is 0 Å². The summed E-state index contributed by atoms with van der Waals surface area (Å²) in [6.07, 6.45) is -8.64. The van der Waals surface area contributed by atoms with Gasteiger partial charge in [-0.25, -0.2) is 0 Å². The molecule has 0 saturated carbocycles. The van der Waals surface area contributed by atoms with Crippen molar-refractivity contribution in [3.05, 3.63) is 0 Å². The van der Waals surface area contributed by atoms with Crippen LogP contribution in [0.5, 0.6) is 0 Å². The average molecular weight is 674 g/mol. The number of Topliss-reactive ketones (excluding diaryl/α,β-unsaturated/α-hetero) is 1. The van der Waals surface area contributed by atoms with Gasteiger partial charge in [-0.05, 0) is 60.5 Å². The van der Waals surface area contributed by atoms with Crippen LogP contribution in [-0.4, -0.2) is 137 Å². The van der Waals surface area contributed by atoms with Gasteiger partial charge in [-0.15, -0.1) is 0 Å². The second kappa shape index (κ2) is 15.3. The van der Waals surface area contributed by atoms with Crippen molar-refractivity contribution in [2.75, 3.05) is 20.7 Å². The van der Waals surface area contributed by atoms with E-state index < -0.39 is 96.7 Å². The number of hydrogen-bond acceptors (Lipinski definition) is 13. The number of carbonyl (C=O) groups is 2. The SMILES string of the molecule is C[C@@H]1[C@@H](O[C@H]2O[C@H](C)C[C@H](N(C)C)[C@@H]2O)[C@@H](C)C[C@@]2(CO2)C(=O)[C@H](C)[C@@H](O)[C@@H](C)[C@@H](C)OC(=O)[C@H](C)[C@H]1O[C@@H]1C[C@@H](O)[C@@H](O)[C@@H](C)O1. The summed E-state index contributed by atoms with van der Waals surface area (Å²) in [7, 11) is 3.78. The zero-order valence-corrected chi connectivity index (χ0v) is 29.6. The lowest BCUT2D eigenvalue weighted by Crippen LogP contribution is -2.57. The smallest absolute Gasteiger partial charge is 0.311 e. The van der Waals surface area contributed by atoms with Crippen molar-refractivity contribution in [1.29, 1.82) is 0 Å². The maximum absolute atomic E-state index is 13.8. The van der Waals surface area contributed by atoms with Crippen molar-refractivity contribution in [3.63, 3.8) is 0 Å². The van der Waals surface area contributed by atoms with E-state index in [9.17, 15) is 30.0 Å². The molecular weight excluding hydrogens is 614 g/mol. The number of aliphatic hydroxyl groups excluding tert-OH is 4. The van der Waals surface area contributed by atoms with Gasteiger partial charge in [0.05, 0.1) is 49.1 Å². The Kier molecular flexibility index (Phi) is 12.6. The Bertz CT molecular complexity index is 1060. The molecule has 4 fully saturated rings. The van der Waals surface area contributed by atoms with Gasteiger partial charge < -0.3 is 53.7 Å². The minimum atomic E-state index is -1.11. The molecular formula is C34H59NO12. The van der Waals surface area contributed by atoms with Crippen molar-refractivity contribution < 1.29 is 58.4 Å². The number of esters is 1. The molecule has 0 bridgehead atoms. The molecule has 47 heavy (non-hydrogen) atoms. The number of carbonyl (C=O) groups excluding carboxylic acids is 2. The van der Waals surface area contributed by atoms with E-state index in [1.165, 1.54) is 0 Å². The first-order chi connectivity index (χ1) is 21.9. The first-order valence-electron chi connectivity index (χ1n) is 17.3. The van der Waals surface area contributed by atoms with Crippen LogP contribution in [0.2, 0.25) is 0 Å². The average Bonchev–Trinajstić information content (AvgIpc) is 3.79. The second-order valence-corrected chi connectivity index (χ2v) is 15.1. The summed E-state index contributed by atoms with van der Waals surface area (Å²) in [5.74, 6) is -3.92. The fourth-order valence-corrected chi connectivity index (χ4v) is 7.68. The van der Waals surface area contributed by atoms with E-state index in [0.29, 0.717) is 6.42 Å². The van der Waals surface area contributed by atoms with Crippen LogP contribution in [0.3, 0.4) is 0 Å². The van der Waals surface area contributed by atoms with Gasteiger partial charge in [-0.2, -0.15) is 0 Å². The highest BCUT2D eigenvalue weighted by atomic mass is 16.7. The number of rotatable bonds is 5. The van der Waals surface area contributed by atoms with Crippen LogP contribution in [0.4, 0.5) is 0 Å². The van der Waals surface area contributed by atoms with Crippen molar-refractivity contribution in [2.24, 2.45) is 29.6 Å². The maximum Gasteiger partial charge on any atom is 0.311 e. The highest BCUT2D eigenvalue weighted by Gasteiger charge is 2.57. The summed E-state index contributed by atoms with van der Waals surface area (Å²) >= 11 is 0. The number of cyclic esters (lactones) is 1. The lowest BCUT2D eigenvalue weighted by molar-refractivity contribution is -0.298. The first-order valence-corrected chi connectivity index (χ1v) is 17.3. The molecule has 0 aliphatic carbocycles. The molecule has 4 heterocycles. The molecule has 4 aliphatic heterocycles. The lowest BCUT2D eigenvalue weighted by Gasteiger charge is -2.46. The number of ketones is 1. The van der Waals surface area contributed by atoms with Crippen LogP contribution in [0.25, 0.3) is 0 Å². The first kappa shape index (κ1) is 38.5. The van der Waals surface area contributed by atoms with Crippen molar-refractivity contribution in [3.8, 4) is 0 Å². The lowest BCUT2D eigenvalue weighted by atomic mass is 9.76. The number of nitrogens with zero attached hydrogens (tertiary/aromatic N) is 1. The van der Waals surface area contributed by atoms with Crippen molar-refractivity contribution >= 4 is 11.8 Å². The Labute approximate surface area is 279 Å². The van der Waals surface area contributed by atoms with Crippen LogP contribution in [-0.2, 0) is 38.0 Å². The highest BCUT2D eigenvalue weighted by molar-refractivity contribution is 5.92. The van der Waals surface area contributed by atoms with Crippen molar-refractivity contribution in [2.45, 2.75) is 154 Å². The molecule has 0 unspecified atom stereocenters. The molecule has 272 valence electrons. The summed E-state index contributed by atoms with van der Waals surface area (Å²) in [5, 5.41) is 43.4. The zero-order valence-electron chi connectivity index (χ0n) is 29.6. The third kappa shape index (κ3) is 8.38. The number of likely N-dealkylation sites (N-methyl/N-ethyl adjacent to an activating group) is 1. The Balaban J connectivity index is 1.74. The van der Waals surface area contributed by atoms with Gasteiger partial charge in [0, 0.05) is 30.2 Å². The fourth-order valence-electron chi connectivity index (χ4n) is 7.68. The third-order valence-electron chi connectivity index (χ3n) is 11.1. The Hall–Kier alpha value is -1.26. The second-order valence-electron chi connectivity index (χ2n) is 15.1. The molecule has 0 radical (unpaired) electrons. The fraction of sp³-hybridized carbons (Fsp3) is 0.941. The predicted molar refractivity (Wildman–Crippen MR) is 169 cm³/mol. The summed E-state index contributed by atoms with van der Waals surface area (Å²) in [6, 6.07) is -0.232. The molecule has 0 aromatic rings. The minimum Gasteiger partial charge on any atom is -0.462 e. The van der Waals surface area contributed by atoms with E-state index in [-0.39, 0.29) is 43.3 Å². The highest BCUT2D eigenvalue weighted by Crippen LogP contribution is 2.43. The van der Waals surface area contributed by atoms with Crippen molar-refractivity contribution in [1.82, 2.24) is 4.90 Å². The topological polar surface area (TPSA) is 177 Å². The maximum atomic E-state index is 13.8. The third-order valence-corrected chi connectivity index (χ3v) is 11.1. The summed E-state index contributed by atoms with van der Waals surface area (Å²) in [5.41, 5.74) is -1.11. The van der Waals surface area contributed by atoms with Gasteiger partial charge >= 0.3 is 5.97 Å². The van der Waals surface area contributed by atoms with Crippen LogP contribution < -0.4 is 0 Å². The van der Waals surface area contributed by atoms with E-state index in [1.807, 2.05) is 39.8 Å². The molecule has 1 spiro atoms. The van der Waals surface area contributed by atoms with Gasteiger partial charge in [-0.1, -0.05) is 27.7 Å². The number of aliphatic hydroxyl groups is 4. The molecule has 4 saturated heterocycles. The Morgan fingerprint density at radius 1 is 0.766 bits per heavy atom. The summed E-state index contributed by atoms with van der Waals surface area (Å²) in [6.45, 7) is 14.4. The van der Waals surface area contributed by atoms with E-state index in [4.69, 9.17) is 28.4 Å². The van der Waals surface area contributed by atoms with Crippen LogP contribution in [0, 0.1) is 29.6 Å². The summed E-state index contributed by atoms with van der Waals surface area (Å²) < 4.78 is 37.0. The monoisotopic (exact) mass is 673 g/mol. The van der Waals surface area contributed by atoms with Gasteiger partial charge in [0.2, 0.25) is 0 Å². The molecule has 4 rings (SSSR count). The summed E-state index contributed by atoms with van der Waals surface area (Å²) in [4.78, 5) is 29.5. The number of hydrogen-bond donors (Lipinski definition) is 4. The molecule has 0 amide bonds. The molecule has 18 atom stereocenters. The van der Waals surface area contributed by atoms with E-state index in [0.717, 1.165) is 0 Å². The van der Waals surface area contributed by atoms with Crippen LogP contribution >= 0.6 is 0 Å². The number of epoxide rings is 1. The minimum absolute atomic E-state index is 0.0208. The van der Waals surface area contributed by atoms with Crippen LogP contribution in [0.15, 0.2) is 0 Å². The van der Waals surface area contributed by atoms with E-state index in [2.05, 4.69) is 0 Å². The van der Waals surface area contributed by atoms with Gasteiger partial charge in [0.15, 0.2) is 24.0 Å². The molecule has 0 aromatic carbocycles. The Morgan fingerprint density at radius 3 is 1.98 bits per heavy atom. The van der Waals surface area contributed by atoms with E-state index >= 15 is 0 Å². The Morgan fingerprint density at radius 2 is 1.40 bits per heavy atom. The zero-order chi connectivity index (χ0) is 35.1. The quantitative estimate of drug-likeness (QED) is 0.243. The molecule has 0 aromatic heterocycles. The molecule has 13 nitrogen and oxygen atoms in total. The number of ether oxygens (including phenoxy) is 6. The van der Waals surface area contributed by atoms with Gasteiger partial charge in [0.1, 0.15) is 18.3 Å². The van der Waals surface area contributed by atoms with Crippen LogP contribution in [0.1, 0.15) is 74.7 Å². The normalized spacial score (nSPS) is 50.7. The predicted octanol–water partition coefficient (Wildman–Crippen LogP) is 1.25. The standard InChI is InChI=1S/C34H59NO12/c1-15-13-34(14-42-34)31(40)18(4)26(37)17(3)21(7)45-32(41)20(6)30(46-25-12-24(36)27(38)22(8)44-25)19(5)29(15)47-33-28(39)23(35(9)10)11-16(2)43-33/h15-30,33,36-39H,11-14H2,1-10H3/t15-,16+,17-,18+,19+,20+,21+,22+,23-,24+,25+,26-,27-,28-,29-,30-,33+,34+/m0/s1. The van der Waals surface area contributed by atoms with E-state index in [1.54, 1.807) is 34.6 Å². The van der Waals surface area contributed by atoms with Gasteiger partial charge in [-0.3, -0.25) is 9.59 Å².